The first-order valence-corrected chi connectivity index (χ1v) is 4.69. The number of hydrogen-bond acceptors (Lipinski definition) is 3. The molecule has 1 rings (SSSR count). The lowest BCUT2D eigenvalue weighted by atomic mass is 10.1. The van der Waals surface area contributed by atoms with Gasteiger partial charge < -0.3 is 4.57 Å². The van der Waals surface area contributed by atoms with Gasteiger partial charge in [0.1, 0.15) is 5.82 Å². The normalized spacial score (nSPS) is 12.5. The minimum Gasteiger partial charge on any atom is -0.334 e. The van der Waals surface area contributed by atoms with Gasteiger partial charge in [0.2, 0.25) is 5.91 Å². The number of aryl methyl sites for hydroxylation is 1. The molecule has 14 heavy (non-hydrogen) atoms. The summed E-state index contributed by atoms with van der Waals surface area (Å²) in [5, 5.41) is 0. The van der Waals surface area contributed by atoms with E-state index in [0.29, 0.717) is 6.54 Å². The Bertz CT molecular complexity index is 308. The summed E-state index contributed by atoms with van der Waals surface area (Å²) >= 11 is 0. The van der Waals surface area contributed by atoms with Crippen molar-refractivity contribution in [2.24, 2.45) is 11.8 Å². The lowest BCUT2D eigenvalue weighted by Crippen LogP contribution is -2.36. The van der Waals surface area contributed by atoms with Crippen molar-refractivity contribution in [3.05, 3.63) is 18.2 Å². The molecule has 0 saturated heterocycles. The minimum atomic E-state index is -0.152. The number of hydrazine groups is 1. The van der Waals surface area contributed by atoms with E-state index in [4.69, 9.17) is 5.84 Å². The van der Waals surface area contributed by atoms with Crippen molar-refractivity contribution in [2.45, 2.75) is 26.8 Å². The zero-order valence-corrected chi connectivity index (χ0v) is 8.53. The summed E-state index contributed by atoms with van der Waals surface area (Å²) in [5.41, 5.74) is 2.14. The number of imidazole rings is 1. The number of nitrogens with two attached hydrogens (primary N) is 1. The lowest BCUT2D eigenvalue weighted by molar-refractivity contribution is -0.124. The highest BCUT2D eigenvalue weighted by Crippen LogP contribution is 2.04. The Morgan fingerprint density at radius 2 is 2.50 bits per heavy atom. The van der Waals surface area contributed by atoms with Crippen LogP contribution in [0.25, 0.3) is 0 Å². The predicted molar refractivity (Wildman–Crippen MR) is 53.1 cm³/mol. The quantitative estimate of drug-likeness (QED) is 0.406. The van der Waals surface area contributed by atoms with Gasteiger partial charge in [-0.15, -0.1) is 0 Å². The van der Waals surface area contributed by atoms with Gasteiger partial charge in [-0.05, 0) is 0 Å². The van der Waals surface area contributed by atoms with Crippen LogP contribution in [0, 0.1) is 5.92 Å². The fraction of sp³-hybridized carbons (Fsp3) is 0.556. The molecule has 1 heterocycles. The smallest absolute Gasteiger partial charge is 0.238 e. The number of nitrogens with zero attached hydrogens (tertiary/aromatic N) is 2. The highest BCUT2D eigenvalue weighted by Gasteiger charge is 2.13. The van der Waals surface area contributed by atoms with Gasteiger partial charge in [-0.1, -0.05) is 13.8 Å². The molecular formula is C9H16N4O. The number of carbonyl (C=O) groups is 1. The van der Waals surface area contributed by atoms with Crippen molar-refractivity contribution < 1.29 is 4.79 Å². The molecule has 0 aliphatic rings. The first-order valence-electron chi connectivity index (χ1n) is 4.69. The molecular weight excluding hydrogens is 180 g/mol. The topological polar surface area (TPSA) is 72.9 Å². The molecule has 5 nitrogen and oxygen atoms in total. The maximum Gasteiger partial charge on any atom is 0.238 e. The molecule has 1 atom stereocenters. The average Bonchev–Trinajstić information content (AvgIpc) is 2.63. The molecule has 0 radical (unpaired) electrons. The number of nitrogens with one attached hydrogen (secondary N) is 1. The fourth-order valence-corrected chi connectivity index (χ4v) is 1.34. The standard InChI is InChI=1S/C9H16N4O/c1-3-8-11-4-5-13(8)6-7(2)9(14)12-10/h4-5,7H,3,6,10H2,1-2H3,(H,12,14). The number of rotatable bonds is 4. The second-order valence-electron chi connectivity index (χ2n) is 3.26. The summed E-state index contributed by atoms with van der Waals surface area (Å²) in [7, 11) is 0. The highest BCUT2D eigenvalue weighted by molar-refractivity contribution is 5.77. The summed E-state index contributed by atoms with van der Waals surface area (Å²) < 4.78 is 1.97. The van der Waals surface area contributed by atoms with Crippen molar-refractivity contribution in [1.29, 1.82) is 0 Å². The molecule has 0 aliphatic carbocycles. The van der Waals surface area contributed by atoms with Gasteiger partial charge in [0.15, 0.2) is 0 Å². The van der Waals surface area contributed by atoms with Crippen LogP contribution >= 0.6 is 0 Å². The zero-order chi connectivity index (χ0) is 10.6. The third-order valence-electron chi connectivity index (χ3n) is 2.18. The fourth-order valence-electron chi connectivity index (χ4n) is 1.34. The monoisotopic (exact) mass is 196 g/mol. The molecule has 3 N–H and O–H groups in total. The van der Waals surface area contributed by atoms with Crippen LogP contribution in [0.4, 0.5) is 0 Å². The van der Waals surface area contributed by atoms with Gasteiger partial charge in [0, 0.05) is 25.4 Å². The molecule has 0 aromatic carbocycles. The first kappa shape index (κ1) is 10.7. The minimum absolute atomic E-state index is 0.139. The van der Waals surface area contributed by atoms with E-state index in [0.717, 1.165) is 12.2 Å². The summed E-state index contributed by atoms with van der Waals surface area (Å²) in [5.74, 6) is 5.74. The number of carbonyl (C=O) groups excluding carboxylic acids is 1. The summed E-state index contributed by atoms with van der Waals surface area (Å²) in [6.07, 6.45) is 4.48. The maximum absolute atomic E-state index is 11.2. The summed E-state index contributed by atoms with van der Waals surface area (Å²) in [4.78, 5) is 15.3. The molecule has 0 fully saturated rings. The zero-order valence-electron chi connectivity index (χ0n) is 8.53. The van der Waals surface area contributed by atoms with Crippen molar-refractivity contribution in [3.8, 4) is 0 Å². The van der Waals surface area contributed by atoms with Gasteiger partial charge in [0.05, 0.1) is 5.92 Å². The van der Waals surface area contributed by atoms with E-state index >= 15 is 0 Å². The Morgan fingerprint density at radius 1 is 1.79 bits per heavy atom. The first-order chi connectivity index (χ1) is 6.69. The van der Waals surface area contributed by atoms with Crippen LogP contribution in [0.1, 0.15) is 19.7 Å². The third kappa shape index (κ3) is 2.32. The third-order valence-corrected chi connectivity index (χ3v) is 2.18. The SMILES string of the molecule is CCc1nccn1CC(C)C(=O)NN. The molecule has 1 aromatic rings. The summed E-state index contributed by atoms with van der Waals surface area (Å²) in [6, 6.07) is 0. The Hall–Kier alpha value is -1.36. The van der Waals surface area contributed by atoms with Gasteiger partial charge in [-0.3, -0.25) is 10.2 Å². The largest absolute Gasteiger partial charge is 0.334 e. The number of hydrogen-bond donors (Lipinski definition) is 2. The van der Waals surface area contributed by atoms with E-state index in [-0.39, 0.29) is 11.8 Å². The predicted octanol–water partition coefficient (Wildman–Crippen LogP) is 0.0715. The van der Waals surface area contributed by atoms with Gasteiger partial charge >= 0.3 is 0 Å². The molecule has 5 heteroatoms. The Labute approximate surface area is 83.3 Å². The van der Waals surface area contributed by atoms with E-state index < -0.39 is 0 Å². The molecule has 78 valence electrons. The van der Waals surface area contributed by atoms with E-state index in [9.17, 15) is 4.79 Å². The Balaban J connectivity index is 2.64. The van der Waals surface area contributed by atoms with Crippen molar-refractivity contribution in [3.63, 3.8) is 0 Å². The van der Waals surface area contributed by atoms with Crippen molar-refractivity contribution in [1.82, 2.24) is 15.0 Å². The summed E-state index contributed by atoms with van der Waals surface area (Å²) in [6.45, 7) is 4.49. The molecule has 0 bridgehead atoms. The van der Waals surface area contributed by atoms with E-state index in [1.165, 1.54) is 0 Å². The molecule has 0 saturated carbocycles. The Kier molecular flexibility index (Phi) is 3.64. The van der Waals surface area contributed by atoms with Crippen LogP contribution in [0.3, 0.4) is 0 Å². The maximum atomic E-state index is 11.2. The molecule has 0 aliphatic heterocycles. The number of aromatic nitrogens is 2. The molecule has 0 spiro atoms. The molecule has 1 amide bonds. The second kappa shape index (κ2) is 4.76. The lowest BCUT2D eigenvalue weighted by Gasteiger charge is -2.12. The van der Waals surface area contributed by atoms with Crippen molar-refractivity contribution >= 4 is 5.91 Å². The van der Waals surface area contributed by atoms with Crippen LogP contribution in [0.2, 0.25) is 0 Å². The average molecular weight is 196 g/mol. The van der Waals surface area contributed by atoms with E-state index in [1.54, 1.807) is 6.20 Å². The van der Waals surface area contributed by atoms with Crippen LogP contribution in [-0.2, 0) is 17.8 Å². The van der Waals surface area contributed by atoms with Crippen molar-refractivity contribution in [2.75, 3.05) is 0 Å². The van der Waals surface area contributed by atoms with Gasteiger partial charge in [0.25, 0.3) is 0 Å². The second-order valence-corrected chi connectivity index (χ2v) is 3.26. The molecule has 1 aromatic heterocycles. The Morgan fingerprint density at radius 3 is 3.07 bits per heavy atom. The van der Waals surface area contributed by atoms with Crippen LogP contribution in [-0.4, -0.2) is 15.5 Å². The van der Waals surface area contributed by atoms with Crippen LogP contribution in [0.15, 0.2) is 12.4 Å². The van der Waals surface area contributed by atoms with E-state index in [1.807, 2.05) is 24.6 Å². The van der Waals surface area contributed by atoms with Crippen LogP contribution in [0.5, 0.6) is 0 Å². The highest BCUT2D eigenvalue weighted by atomic mass is 16.2. The molecule has 1 unspecified atom stereocenters. The van der Waals surface area contributed by atoms with Crippen LogP contribution < -0.4 is 11.3 Å². The van der Waals surface area contributed by atoms with E-state index in [2.05, 4.69) is 10.4 Å². The van der Waals surface area contributed by atoms with Gasteiger partial charge in [-0.2, -0.15) is 0 Å². The number of amides is 1. The van der Waals surface area contributed by atoms with Gasteiger partial charge in [-0.25, -0.2) is 10.8 Å².